The van der Waals surface area contributed by atoms with Crippen molar-refractivity contribution in [3.8, 4) is 11.8 Å². The number of aliphatic hydroxyl groups excluding tert-OH is 1. The monoisotopic (exact) mass is 307 g/mol. The maximum Gasteiger partial charge on any atom is 0.244 e. The molecule has 1 saturated carbocycles. The lowest BCUT2D eigenvalue weighted by Gasteiger charge is -2.21. The minimum absolute atomic E-state index is 0.0238. The van der Waals surface area contributed by atoms with Gasteiger partial charge in [0, 0.05) is 24.6 Å². The van der Waals surface area contributed by atoms with E-state index in [2.05, 4.69) is 11.8 Å². The zero-order chi connectivity index (χ0) is 15.5. The van der Waals surface area contributed by atoms with Crippen LogP contribution in [0, 0.1) is 18.8 Å². The summed E-state index contributed by atoms with van der Waals surface area (Å²) in [5.74, 6) is 5.69. The second-order valence-corrected chi connectivity index (χ2v) is 7.07. The largest absolute Gasteiger partial charge is 0.395 e. The van der Waals surface area contributed by atoms with Gasteiger partial charge in [-0.25, -0.2) is 8.42 Å². The predicted molar refractivity (Wildman–Crippen MR) is 82.3 cm³/mol. The third-order valence-corrected chi connectivity index (χ3v) is 5.53. The summed E-state index contributed by atoms with van der Waals surface area (Å²) >= 11 is 0. The first kappa shape index (κ1) is 16.0. The fraction of sp³-hybridized carbons (Fsp3) is 0.500. The van der Waals surface area contributed by atoms with Crippen molar-refractivity contribution in [2.24, 2.45) is 0 Å². The van der Waals surface area contributed by atoms with Crippen LogP contribution in [0.4, 0.5) is 0 Å². The highest BCUT2D eigenvalue weighted by molar-refractivity contribution is 7.89. The third-order valence-electron chi connectivity index (χ3n) is 3.45. The molecule has 1 aromatic rings. The minimum Gasteiger partial charge on any atom is -0.395 e. The molecule has 0 saturated heterocycles. The lowest BCUT2D eigenvalue weighted by atomic mass is 10.1. The van der Waals surface area contributed by atoms with Crippen molar-refractivity contribution in [1.82, 2.24) is 4.31 Å². The van der Waals surface area contributed by atoms with E-state index in [0.717, 1.165) is 18.4 Å². The van der Waals surface area contributed by atoms with Crippen molar-refractivity contribution in [2.45, 2.75) is 44.0 Å². The molecule has 0 spiro atoms. The van der Waals surface area contributed by atoms with E-state index < -0.39 is 10.0 Å². The smallest absolute Gasteiger partial charge is 0.244 e. The van der Waals surface area contributed by atoms with E-state index in [4.69, 9.17) is 5.11 Å². The minimum atomic E-state index is -3.50. The van der Waals surface area contributed by atoms with E-state index in [1.807, 2.05) is 13.8 Å². The molecule has 4 nitrogen and oxygen atoms in total. The molecular formula is C16H21NO3S. The second kappa shape index (κ2) is 6.61. The molecule has 0 aliphatic heterocycles. The maximum atomic E-state index is 12.8. The first-order valence-electron chi connectivity index (χ1n) is 7.23. The van der Waals surface area contributed by atoms with Crippen LogP contribution in [0.1, 0.15) is 37.3 Å². The van der Waals surface area contributed by atoms with Gasteiger partial charge in [-0.1, -0.05) is 24.8 Å². The molecule has 1 aliphatic rings. The van der Waals surface area contributed by atoms with Crippen LogP contribution in [0.2, 0.25) is 0 Å². The second-order valence-electron chi connectivity index (χ2n) is 5.21. The Kier molecular flexibility index (Phi) is 5.04. The quantitative estimate of drug-likeness (QED) is 0.845. The average Bonchev–Trinajstić information content (AvgIpc) is 3.24. The van der Waals surface area contributed by atoms with E-state index >= 15 is 0 Å². The summed E-state index contributed by atoms with van der Waals surface area (Å²) in [6.45, 7) is 4.22. The summed E-state index contributed by atoms with van der Waals surface area (Å²) in [6.07, 6.45) is 2.21. The van der Waals surface area contributed by atoms with Crippen molar-refractivity contribution >= 4 is 10.0 Å². The van der Waals surface area contributed by atoms with Crippen LogP contribution in [0.15, 0.2) is 23.1 Å². The predicted octanol–water partition coefficient (Wildman–Crippen LogP) is 1.90. The van der Waals surface area contributed by atoms with Gasteiger partial charge in [0.15, 0.2) is 0 Å². The molecule has 0 amide bonds. The van der Waals surface area contributed by atoms with Gasteiger partial charge in [0.2, 0.25) is 10.0 Å². The zero-order valence-corrected chi connectivity index (χ0v) is 13.3. The van der Waals surface area contributed by atoms with Gasteiger partial charge in [-0.3, -0.25) is 0 Å². The lowest BCUT2D eigenvalue weighted by Crippen LogP contribution is -2.33. The number of aliphatic hydroxyl groups is 1. The molecule has 0 unspecified atom stereocenters. The van der Waals surface area contributed by atoms with Crippen LogP contribution in [0.5, 0.6) is 0 Å². The highest BCUT2D eigenvalue weighted by Crippen LogP contribution is 2.32. The first-order valence-corrected chi connectivity index (χ1v) is 8.67. The van der Waals surface area contributed by atoms with Crippen LogP contribution >= 0.6 is 0 Å². The average molecular weight is 307 g/mol. The standard InChI is InChI=1S/C16H21NO3S/c1-3-17(15-8-9-15)21(19,20)16-10-7-13(2)12-14(16)6-4-5-11-18/h7,10,12,15,18H,3,5,8-9,11H2,1-2H3. The number of rotatable bonds is 5. The Hall–Kier alpha value is -1.35. The Morgan fingerprint density at radius 2 is 2.10 bits per heavy atom. The molecule has 0 atom stereocenters. The normalized spacial score (nSPS) is 14.9. The highest BCUT2D eigenvalue weighted by Gasteiger charge is 2.37. The number of sulfonamides is 1. The maximum absolute atomic E-state index is 12.8. The van der Waals surface area contributed by atoms with Gasteiger partial charge < -0.3 is 5.11 Å². The lowest BCUT2D eigenvalue weighted by molar-refractivity contribution is 0.305. The van der Waals surface area contributed by atoms with Gasteiger partial charge in [0.05, 0.1) is 11.5 Å². The number of aryl methyl sites for hydroxylation is 1. The topological polar surface area (TPSA) is 57.6 Å². The zero-order valence-electron chi connectivity index (χ0n) is 12.5. The van der Waals surface area contributed by atoms with Crippen LogP contribution in [0.3, 0.4) is 0 Å². The summed E-state index contributed by atoms with van der Waals surface area (Å²) < 4.78 is 27.2. The molecule has 1 aromatic carbocycles. The van der Waals surface area contributed by atoms with Crippen molar-refractivity contribution in [3.63, 3.8) is 0 Å². The van der Waals surface area contributed by atoms with Crippen molar-refractivity contribution in [1.29, 1.82) is 0 Å². The summed E-state index contributed by atoms with van der Waals surface area (Å²) in [5, 5.41) is 8.81. The Morgan fingerprint density at radius 3 is 2.67 bits per heavy atom. The van der Waals surface area contributed by atoms with Crippen molar-refractivity contribution in [3.05, 3.63) is 29.3 Å². The van der Waals surface area contributed by atoms with Gasteiger partial charge >= 0.3 is 0 Å². The number of benzene rings is 1. The van der Waals surface area contributed by atoms with E-state index in [1.165, 1.54) is 0 Å². The molecule has 0 heterocycles. The Morgan fingerprint density at radius 1 is 1.38 bits per heavy atom. The fourth-order valence-electron chi connectivity index (χ4n) is 2.29. The van der Waals surface area contributed by atoms with Gasteiger partial charge in [0.1, 0.15) is 0 Å². The van der Waals surface area contributed by atoms with Gasteiger partial charge in [0.25, 0.3) is 0 Å². The van der Waals surface area contributed by atoms with Crippen LogP contribution in [-0.2, 0) is 10.0 Å². The molecule has 5 heteroatoms. The number of nitrogens with zero attached hydrogens (tertiary/aromatic N) is 1. The Labute approximate surface area is 126 Å². The summed E-state index contributed by atoms with van der Waals surface area (Å²) in [6, 6.07) is 5.36. The molecule has 0 aromatic heterocycles. The summed E-state index contributed by atoms with van der Waals surface area (Å²) in [7, 11) is -3.50. The summed E-state index contributed by atoms with van der Waals surface area (Å²) in [5.41, 5.74) is 1.49. The fourth-order valence-corrected chi connectivity index (χ4v) is 4.12. The molecule has 1 N–H and O–H groups in total. The van der Waals surface area contributed by atoms with Crippen LogP contribution < -0.4 is 0 Å². The molecule has 1 aliphatic carbocycles. The molecular weight excluding hydrogens is 286 g/mol. The SMILES string of the molecule is CCN(C1CC1)S(=O)(=O)c1ccc(C)cc1C#CCCO. The summed E-state index contributed by atoms with van der Waals surface area (Å²) in [4.78, 5) is 0.271. The van der Waals surface area contributed by atoms with Crippen molar-refractivity contribution in [2.75, 3.05) is 13.2 Å². The molecule has 0 radical (unpaired) electrons. The number of hydrogen-bond donors (Lipinski definition) is 1. The molecule has 21 heavy (non-hydrogen) atoms. The van der Waals surface area contributed by atoms with Crippen molar-refractivity contribution < 1.29 is 13.5 Å². The van der Waals surface area contributed by atoms with E-state index in [9.17, 15) is 8.42 Å². The Balaban J connectivity index is 2.45. The molecule has 114 valence electrons. The third kappa shape index (κ3) is 3.65. The molecule has 2 rings (SSSR count). The van der Waals surface area contributed by atoms with Gasteiger partial charge in [-0.15, -0.1) is 0 Å². The highest BCUT2D eigenvalue weighted by atomic mass is 32.2. The number of hydrogen-bond acceptors (Lipinski definition) is 3. The van der Waals surface area contributed by atoms with E-state index in [-0.39, 0.29) is 17.5 Å². The van der Waals surface area contributed by atoms with E-state index in [1.54, 1.807) is 22.5 Å². The van der Waals surface area contributed by atoms with Gasteiger partial charge in [-0.05, 0) is 37.5 Å². The van der Waals surface area contributed by atoms with Gasteiger partial charge in [-0.2, -0.15) is 4.31 Å². The van der Waals surface area contributed by atoms with Crippen LogP contribution in [-0.4, -0.2) is 37.0 Å². The van der Waals surface area contributed by atoms with E-state index in [0.29, 0.717) is 18.5 Å². The van der Waals surface area contributed by atoms with Crippen LogP contribution in [0.25, 0.3) is 0 Å². The first-order chi connectivity index (χ1) is 10.0. The Bertz CT molecular complexity index is 666. The molecule has 1 fully saturated rings. The molecule has 0 bridgehead atoms.